The Morgan fingerprint density at radius 2 is 1.93 bits per heavy atom. The third kappa shape index (κ3) is 2.66. The van der Waals surface area contributed by atoms with Gasteiger partial charge in [-0.15, -0.1) is 0 Å². The van der Waals surface area contributed by atoms with E-state index in [0.717, 1.165) is 11.3 Å². The number of hydrogen-bond acceptors (Lipinski definition) is 2. The first-order chi connectivity index (χ1) is 7.06. The Labute approximate surface area is 94.1 Å². The molecule has 1 aromatic carbocycles. The van der Waals surface area contributed by atoms with E-state index in [2.05, 4.69) is 5.32 Å². The number of nitrogens with two attached hydrogens (primary N) is 1. The SMILES string of the molecule is CNC(=O)N(C)c1ccc(C(N)=S)cc1. The molecule has 1 aromatic rings. The van der Waals surface area contributed by atoms with Crippen LogP contribution in [0.3, 0.4) is 0 Å². The van der Waals surface area contributed by atoms with Gasteiger partial charge in [0.25, 0.3) is 0 Å². The highest BCUT2D eigenvalue weighted by Crippen LogP contribution is 2.13. The zero-order valence-corrected chi connectivity index (χ0v) is 9.47. The molecule has 0 unspecified atom stereocenters. The van der Waals surface area contributed by atoms with Crippen molar-refractivity contribution in [1.82, 2.24) is 5.32 Å². The van der Waals surface area contributed by atoms with Crippen molar-refractivity contribution >= 4 is 28.9 Å². The monoisotopic (exact) mass is 223 g/mol. The molecule has 0 aromatic heterocycles. The molecule has 4 nitrogen and oxygen atoms in total. The fourth-order valence-corrected chi connectivity index (χ4v) is 1.27. The van der Waals surface area contributed by atoms with Gasteiger partial charge in [0.15, 0.2) is 0 Å². The second kappa shape index (κ2) is 4.75. The van der Waals surface area contributed by atoms with Crippen molar-refractivity contribution in [2.24, 2.45) is 5.73 Å². The van der Waals surface area contributed by atoms with E-state index < -0.39 is 0 Å². The van der Waals surface area contributed by atoms with E-state index in [-0.39, 0.29) is 6.03 Å². The molecule has 15 heavy (non-hydrogen) atoms. The second-order valence-electron chi connectivity index (χ2n) is 3.03. The van der Waals surface area contributed by atoms with Gasteiger partial charge < -0.3 is 11.1 Å². The summed E-state index contributed by atoms with van der Waals surface area (Å²) in [6.45, 7) is 0. The smallest absolute Gasteiger partial charge is 0.321 e. The van der Waals surface area contributed by atoms with E-state index in [1.807, 2.05) is 0 Å². The maximum Gasteiger partial charge on any atom is 0.321 e. The molecule has 0 spiro atoms. The van der Waals surface area contributed by atoms with Crippen molar-refractivity contribution in [3.8, 4) is 0 Å². The summed E-state index contributed by atoms with van der Waals surface area (Å²) in [6, 6.07) is 7.00. The van der Waals surface area contributed by atoms with Crippen LogP contribution in [0.1, 0.15) is 5.56 Å². The zero-order valence-electron chi connectivity index (χ0n) is 8.65. The highest BCUT2D eigenvalue weighted by molar-refractivity contribution is 7.80. The Balaban J connectivity index is 2.89. The number of thiocarbonyl (C=S) groups is 1. The summed E-state index contributed by atoms with van der Waals surface area (Å²) in [6.07, 6.45) is 0. The lowest BCUT2D eigenvalue weighted by atomic mass is 10.2. The summed E-state index contributed by atoms with van der Waals surface area (Å²) in [7, 11) is 3.27. The molecule has 0 radical (unpaired) electrons. The third-order valence-corrected chi connectivity index (χ3v) is 2.29. The van der Waals surface area contributed by atoms with Gasteiger partial charge in [-0.05, 0) is 24.3 Å². The number of nitrogens with zero attached hydrogens (tertiary/aromatic N) is 1. The van der Waals surface area contributed by atoms with Gasteiger partial charge in [0.05, 0.1) is 0 Å². The molecular weight excluding hydrogens is 210 g/mol. The topological polar surface area (TPSA) is 58.4 Å². The van der Waals surface area contributed by atoms with Crippen molar-refractivity contribution in [1.29, 1.82) is 0 Å². The lowest BCUT2D eigenvalue weighted by Crippen LogP contribution is -2.34. The Bertz CT molecular complexity index is 375. The Hall–Kier alpha value is -1.62. The van der Waals surface area contributed by atoms with Crippen LogP contribution in [0, 0.1) is 0 Å². The Morgan fingerprint density at radius 1 is 1.40 bits per heavy atom. The number of rotatable bonds is 2. The number of amides is 2. The summed E-state index contributed by atoms with van der Waals surface area (Å²) in [5.41, 5.74) is 7.04. The second-order valence-corrected chi connectivity index (χ2v) is 3.47. The van der Waals surface area contributed by atoms with Crippen LogP contribution >= 0.6 is 12.2 Å². The highest BCUT2D eigenvalue weighted by Gasteiger charge is 2.07. The van der Waals surface area contributed by atoms with Gasteiger partial charge in [0.1, 0.15) is 4.99 Å². The number of nitrogens with one attached hydrogen (secondary N) is 1. The molecule has 0 aliphatic heterocycles. The van der Waals surface area contributed by atoms with Crippen LogP contribution < -0.4 is 16.0 Å². The molecule has 0 saturated heterocycles. The minimum atomic E-state index is -0.168. The third-order valence-electron chi connectivity index (χ3n) is 2.06. The number of urea groups is 1. The van der Waals surface area contributed by atoms with Crippen LogP contribution in [0.2, 0.25) is 0 Å². The quantitative estimate of drug-likeness (QED) is 0.738. The van der Waals surface area contributed by atoms with Crippen LogP contribution in [0.15, 0.2) is 24.3 Å². The van der Waals surface area contributed by atoms with Gasteiger partial charge in [0.2, 0.25) is 0 Å². The maximum atomic E-state index is 11.3. The van der Waals surface area contributed by atoms with Crippen molar-refractivity contribution in [3.05, 3.63) is 29.8 Å². The summed E-state index contributed by atoms with van der Waals surface area (Å²) in [5.74, 6) is 0. The maximum absolute atomic E-state index is 11.3. The molecule has 0 bridgehead atoms. The predicted octanol–water partition coefficient (Wildman–Crippen LogP) is 1.10. The summed E-state index contributed by atoms with van der Waals surface area (Å²) >= 11 is 4.83. The van der Waals surface area contributed by atoms with Crippen LogP contribution in [0.25, 0.3) is 0 Å². The molecule has 1 rings (SSSR count). The van der Waals surface area contributed by atoms with Crippen molar-refractivity contribution in [2.75, 3.05) is 19.0 Å². The number of carbonyl (C=O) groups is 1. The first-order valence-corrected chi connectivity index (χ1v) is 4.82. The van der Waals surface area contributed by atoms with Gasteiger partial charge in [-0.3, -0.25) is 4.90 Å². The van der Waals surface area contributed by atoms with Crippen molar-refractivity contribution in [2.45, 2.75) is 0 Å². The Morgan fingerprint density at radius 3 is 2.33 bits per heavy atom. The number of hydrogen-bond donors (Lipinski definition) is 2. The first kappa shape index (κ1) is 11.5. The summed E-state index contributed by atoms with van der Waals surface area (Å²) in [5, 5.41) is 2.54. The number of carbonyl (C=O) groups excluding carboxylic acids is 1. The van der Waals surface area contributed by atoms with Gasteiger partial charge in [0, 0.05) is 25.3 Å². The molecule has 0 atom stereocenters. The lowest BCUT2D eigenvalue weighted by molar-refractivity contribution is 0.249. The molecule has 2 amide bonds. The average molecular weight is 223 g/mol. The predicted molar refractivity (Wildman–Crippen MR) is 65.2 cm³/mol. The van der Waals surface area contributed by atoms with E-state index in [9.17, 15) is 4.79 Å². The molecule has 0 aliphatic carbocycles. The molecule has 0 saturated carbocycles. The molecule has 80 valence electrons. The van der Waals surface area contributed by atoms with E-state index >= 15 is 0 Å². The van der Waals surface area contributed by atoms with Crippen LogP contribution in [-0.4, -0.2) is 25.1 Å². The van der Waals surface area contributed by atoms with Crippen molar-refractivity contribution in [3.63, 3.8) is 0 Å². The van der Waals surface area contributed by atoms with Crippen LogP contribution in [0.4, 0.5) is 10.5 Å². The minimum absolute atomic E-state index is 0.168. The van der Waals surface area contributed by atoms with E-state index in [1.165, 1.54) is 4.90 Å². The molecule has 3 N–H and O–H groups in total. The first-order valence-electron chi connectivity index (χ1n) is 4.41. The van der Waals surface area contributed by atoms with Crippen molar-refractivity contribution < 1.29 is 4.79 Å². The summed E-state index contributed by atoms with van der Waals surface area (Å²) in [4.78, 5) is 13.1. The average Bonchev–Trinajstić information content (AvgIpc) is 2.27. The fraction of sp³-hybridized carbons (Fsp3) is 0.200. The van der Waals surface area contributed by atoms with E-state index in [4.69, 9.17) is 18.0 Å². The fourth-order valence-electron chi connectivity index (χ4n) is 1.13. The largest absolute Gasteiger partial charge is 0.389 e. The molecule has 0 fully saturated rings. The standard InChI is InChI=1S/C10H13N3OS/c1-12-10(14)13(2)8-5-3-7(4-6-8)9(11)15/h3-6H,1-2H3,(H2,11,15)(H,12,14). The van der Waals surface area contributed by atoms with Gasteiger partial charge in [-0.2, -0.15) is 0 Å². The molecule has 0 heterocycles. The summed E-state index contributed by atoms with van der Waals surface area (Å²) < 4.78 is 0. The van der Waals surface area contributed by atoms with Gasteiger partial charge in [-0.25, -0.2) is 4.79 Å². The van der Waals surface area contributed by atoms with E-state index in [0.29, 0.717) is 4.99 Å². The molecule has 5 heteroatoms. The highest BCUT2D eigenvalue weighted by atomic mass is 32.1. The van der Waals surface area contributed by atoms with E-state index in [1.54, 1.807) is 38.4 Å². The van der Waals surface area contributed by atoms with Gasteiger partial charge in [-0.1, -0.05) is 12.2 Å². The minimum Gasteiger partial charge on any atom is -0.389 e. The van der Waals surface area contributed by atoms with Crippen LogP contribution in [0.5, 0.6) is 0 Å². The van der Waals surface area contributed by atoms with Gasteiger partial charge >= 0.3 is 6.03 Å². The number of benzene rings is 1. The molecule has 0 aliphatic rings. The lowest BCUT2D eigenvalue weighted by Gasteiger charge is -2.16. The van der Waals surface area contributed by atoms with Crippen LogP contribution in [-0.2, 0) is 0 Å². The Kier molecular flexibility index (Phi) is 3.62. The number of anilines is 1. The zero-order chi connectivity index (χ0) is 11.4. The normalized spacial score (nSPS) is 9.47. The molecular formula is C10H13N3OS.